The lowest BCUT2D eigenvalue weighted by molar-refractivity contribution is 0.318. The van der Waals surface area contributed by atoms with Crippen molar-refractivity contribution in [1.29, 1.82) is 0 Å². The zero-order valence-electron chi connectivity index (χ0n) is 10.9. The van der Waals surface area contributed by atoms with Crippen LogP contribution in [0.25, 0.3) is 10.9 Å². The number of thiazole rings is 1. The molecule has 0 spiro atoms. The highest BCUT2D eigenvalue weighted by atomic mass is 32.1. The Morgan fingerprint density at radius 1 is 1.45 bits per heavy atom. The first kappa shape index (κ1) is 12.7. The summed E-state index contributed by atoms with van der Waals surface area (Å²) in [7, 11) is 0. The average molecular weight is 286 g/mol. The van der Waals surface area contributed by atoms with Gasteiger partial charge in [0.25, 0.3) is 0 Å². The van der Waals surface area contributed by atoms with Crippen molar-refractivity contribution < 1.29 is 5.21 Å². The van der Waals surface area contributed by atoms with E-state index < -0.39 is 0 Å². The van der Waals surface area contributed by atoms with Crippen molar-refractivity contribution in [2.24, 2.45) is 10.9 Å². The third-order valence-corrected chi connectivity index (χ3v) is 4.00. The highest BCUT2D eigenvalue weighted by Crippen LogP contribution is 2.19. The minimum Gasteiger partial charge on any atom is -0.409 e. The minimum absolute atomic E-state index is 0.120. The Morgan fingerprint density at radius 2 is 2.30 bits per heavy atom. The van der Waals surface area contributed by atoms with Crippen molar-refractivity contribution in [1.82, 2.24) is 9.55 Å². The molecule has 5 nitrogen and oxygen atoms in total. The summed E-state index contributed by atoms with van der Waals surface area (Å²) in [6.07, 6.45) is 2.02. The Bertz CT molecular complexity index is 787. The van der Waals surface area contributed by atoms with Crippen LogP contribution in [0.15, 0.2) is 41.0 Å². The maximum absolute atomic E-state index is 8.71. The van der Waals surface area contributed by atoms with Crippen LogP contribution in [0.1, 0.15) is 16.3 Å². The third-order valence-electron chi connectivity index (χ3n) is 3.17. The molecular formula is C14H14N4OS. The molecule has 3 aromatic rings. The topological polar surface area (TPSA) is 76.4 Å². The molecule has 0 unspecified atom stereocenters. The molecule has 0 saturated heterocycles. The molecule has 0 aliphatic rings. The van der Waals surface area contributed by atoms with Gasteiger partial charge in [-0.05, 0) is 31.2 Å². The summed E-state index contributed by atoms with van der Waals surface area (Å²) in [4.78, 5) is 4.48. The van der Waals surface area contributed by atoms with Gasteiger partial charge in [0, 0.05) is 28.0 Å². The van der Waals surface area contributed by atoms with Crippen molar-refractivity contribution in [3.63, 3.8) is 0 Å². The lowest BCUT2D eigenvalue weighted by atomic mass is 10.1. The Hall–Kier alpha value is -2.34. The lowest BCUT2D eigenvalue weighted by Crippen LogP contribution is -2.12. The molecule has 3 rings (SSSR count). The zero-order chi connectivity index (χ0) is 14.1. The molecule has 0 fully saturated rings. The third kappa shape index (κ3) is 2.25. The average Bonchev–Trinajstić information content (AvgIpc) is 3.05. The monoisotopic (exact) mass is 286 g/mol. The molecule has 0 amide bonds. The molecule has 2 aromatic heterocycles. The van der Waals surface area contributed by atoms with E-state index in [4.69, 9.17) is 10.9 Å². The van der Waals surface area contributed by atoms with E-state index in [2.05, 4.69) is 20.1 Å². The van der Waals surface area contributed by atoms with E-state index >= 15 is 0 Å². The van der Waals surface area contributed by atoms with Gasteiger partial charge in [-0.3, -0.25) is 0 Å². The predicted molar refractivity (Wildman–Crippen MR) is 80.4 cm³/mol. The van der Waals surface area contributed by atoms with E-state index in [1.807, 2.05) is 37.4 Å². The number of hydrogen-bond acceptors (Lipinski definition) is 4. The number of benzene rings is 1. The fourth-order valence-electron chi connectivity index (χ4n) is 2.21. The largest absolute Gasteiger partial charge is 0.409 e. The van der Waals surface area contributed by atoms with E-state index in [1.54, 1.807) is 11.3 Å². The van der Waals surface area contributed by atoms with Gasteiger partial charge in [0.05, 0.1) is 17.2 Å². The molecule has 1 aromatic carbocycles. The van der Waals surface area contributed by atoms with Crippen LogP contribution in [0.2, 0.25) is 0 Å². The van der Waals surface area contributed by atoms with Crippen molar-refractivity contribution in [2.45, 2.75) is 13.5 Å². The van der Waals surface area contributed by atoms with Crippen molar-refractivity contribution in [3.8, 4) is 0 Å². The molecule has 0 atom stereocenters. The number of amidine groups is 1. The molecule has 2 heterocycles. The Balaban J connectivity index is 1.97. The first-order chi connectivity index (χ1) is 9.67. The number of fused-ring (bicyclic) bond motifs is 1. The molecule has 0 aliphatic heterocycles. The highest BCUT2D eigenvalue weighted by molar-refractivity contribution is 7.09. The van der Waals surface area contributed by atoms with Crippen LogP contribution in [0.5, 0.6) is 0 Å². The number of aryl methyl sites for hydroxylation is 1. The van der Waals surface area contributed by atoms with E-state index in [-0.39, 0.29) is 5.84 Å². The van der Waals surface area contributed by atoms with E-state index in [1.165, 1.54) is 0 Å². The summed E-state index contributed by atoms with van der Waals surface area (Å²) in [6.45, 7) is 2.75. The summed E-state index contributed by atoms with van der Waals surface area (Å²) in [5.41, 5.74) is 8.48. The Kier molecular flexibility index (Phi) is 3.15. The molecule has 0 saturated carbocycles. The highest BCUT2D eigenvalue weighted by Gasteiger charge is 2.06. The summed E-state index contributed by atoms with van der Waals surface area (Å²) in [6, 6.07) is 7.75. The predicted octanol–water partition coefficient (Wildman–Crippen LogP) is 2.55. The quantitative estimate of drug-likeness (QED) is 0.336. The molecule has 0 aliphatic carbocycles. The van der Waals surface area contributed by atoms with Crippen LogP contribution >= 0.6 is 11.3 Å². The fraction of sp³-hybridized carbons (Fsp3) is 0.143. The van der Waals surface area contributed by atoms with Gasteiger partial charge in [-0.25, -0.2) is 4.98 Å². The summed E-state index contributed by atoms with van der Waals surface area (Å²) in [5.74, 6) is 0.120. The van der Waals surface area contributed by atoms with E-state index in [0.29, 0.717) is 5.56 Å². The number of nitrogens with zero attached hydrogens (tertiary/aromatic N) is 3. The Labute approximate surface area is 120 Å². The van der Waals surface area contributed by atoms with Crippen molar-refractivity contribution in [2.75, 3.05) is 0 Å². The molecule has 20 heavy (non-hydrogen) atoms. The second kappa shape index (κ2) is 4.97. The second-order valence-electron chi connectivity index (χ2n) is 4.56. The van der Waals surface area contributed by atoms with Crippen LogP contribution in [-0.4, -0.2) is 20.6 Å². The minimum atomic E-state index is 0.120. The molecular weight excluding hydrogens is 272 g/mol. The maximum Gasteiger partial charge on any atom is 0.170 e. The summed E-state index contributed by atoms with van der Waals surface area (Å²) in [5, 5.41) is 15.9. The van der Waals surface area contributed by atoms with Crippen LogP contribution in [0.3, 0.4) is 0 Å². The molecule has 102 valence electrons. The summed E-state index contributed by atoms with van der Waals surface area (Å²) < 4.78 is 2.14. The van der Waals surface area contributed by atoms with Gasteiger partial charge >= 0.3 is 0 Å². The zero-order valence-corrected chi connectivity index (χ0v) is 11.8. The smallest absolute Gasteiger partial charge is 0.170 e. The maximum atomic E-state index is 8.71. The van der Waals surface area contributed by atoms with Crippen molar-refractivity contribution in [3.05, 3.63) is 52.1 Å². The van der Waals surface area contributed by atoms with Gasteiger partial charge in [-0.1, -0.05) is 5.16 Å². The number of aromatic nitrogens is 2. The van der Waals surface area contributed by atoms with E-state index in [0.717, 1.165) is 28.1 Å². The fourth-order valence-corrected chi connectivity index (χ4v) is 2.81. The first-order valence-corrected chi connectivity index (χ1v) is 7.03. The van der Waals surface area contributed by atoms with Crippen LogP contribution in [0.4, 0.5) is 0 Å². The van der Waals surface area contributed by atoms with Gasteiger partial charge in [-0.15, -0.1) is 11.3 Å². The number of hydrogen-bond donors (Lipinski definition) is 2. The number of oxime groups is 1. The first-order valence-electron chi connectivity index (χ1n) is 6.15. The van der Waals surface area contributed by atoms with Gasteiger partial charge in [0.15, 0.2) is 5.84 Å². The molecule has 0 radical (unpaired) electrons. The number of nitrogens with two attached hydrogens (primary N) is 1. The lowest BCUT2D eigenvalue weighted by Gasteiger charge is -2.04. The number of rotatable bonds is 3. The van der Waals surface area contributed by atoms with E-state index in [9.17, 15) is 0 Å². The van der Waals surface area contributed by atoms with Gasteiger partial charge < -0.3 is 15.5 Å². The molecule has 6 heteroatoms. The van der Waals surface area contributed by atoms with Crippen LogP contribution in [-0.2, 0) is 6.54 Å². The van der Waals surface area contributed by atoms with Gasteiger partial charge in [-0.2, -0.15) is 0 Å². The molecule has 3 N–H and O–H groups in total. The van der Waals surface area contributed by atoms with Crippen molar-refractivity contribution >= 4 is 28.1 Å². The normalized spacial score (nSPS) is 12.2. The van der Waals surface area contributed by atoms with Crippen LogP contribution in [0, 0.1) is 6.92 Å². The standard InChI is InChI=1S/C14H14N4OS/c1-9-16-12(8-20-9)7-18-5-4-10-6-11(14(15)17-19)2-3-13(10)18/h2-6,8,19H,7H2,1H3,(H2,15,17). The SMILES string of the molecule is Cc1nc(Cn2ccc3cc(/C(N)=N/O)ccc32)cs1. The van der Waals surface area contributed by atoms with Gasteiger partial charge in [0.2, 0.25) is 0 Å². The molecule has 0 bridgehead atoms. The second-order valence-corrected chi connectivity index (χ2v) is 5.62. The van der Waals surface area contributed by atoms with Gasteiger partial charge in [0.1, 0.15) is 0 Å². The Morgan fingerprint density at radius 3 is 3.00 bits per heavy atom. The van der Waals surface area contributed by atoms with Crippen LogP contribution < -0.4 is 5.73 Å². The summed E-state index contributed by atoms with van der Waals surface area (Å²) >= 11 is 1.66.